The summed E-state index contributed by atoms with van der Waals surface area (Å²) in [6, 6.07) is 11.3. The van der Waals surface area contributed by atoms with E-state index in [2.05, 4.69) is 15.5 Å². The summed E-state index contributed by atoms with van der Waals surface area (Å²) in [6.45, 7) is 1.53. The maximum absolute atomic E-state index is 12.9. The van der Waals surface area contributed by atoms with E-state index >= 15 is 0 Å². The number of benzene rings is 1. The van der Waals surface area contributed by atoms with Gasteiger partial charge in [0.2, 0.25) is 0 Å². The number of rotatable bonds is 5. The highest BCUT2D eigenvalue weighted by Crippen LogP contribution is 2.25. The molecule has 0 bridgehead atoms. The number of amides is 1. The molecule has 1 aliphatic heterocycles. The molecule has 1 atom stereocenters. The first-order valence-electron chi connectivity index (χ1n) is 8.64. The number of ether oxygens (including phenoxy) is 1. The molecule has 1 amide bonds. The number of methoxy groups -OCH3 is 1. The van der Waals surface area contributed by atoms with Gasteiger partial charge in [-0.25, -0.2) is 0 Å². The van der Waals surface area contributed by atoms with Crippen LogP contribution in [0.25, 0.3) is 0 Å². The van der Waals surface area contributed by atoms with Crippen LogP contribution in [0.1, 0.15) is 28.9 Å². The van der Waals surface area contributed by atoms with Gasteiger partial charge in [-0.05, 0) is 49.4 Å². The average molecular weight is 340 g/mol. The third-order valence-corrected chi connectivity index (χ3v) is 4.62. The fourth-order valence-corrected chi connectivity index (χ4v) is 3.31. The number of likely N-dealkylation sites (tertiary alicyclic amines) is 1. The number of hydrogen-bond acceptors (Lipinski definition) is 5. The molecule has 6 nitrogen and oxygen atoms in total. The van der Waals surface area contributed by atoms with Gasteiger partial charge in [-0.15, -0.1) is 5.10 Å². The Balaban J connectivity index is 1.66. The summed E-state index contributed by atoms with van der Waals surface area (Å²) in [5.74, 6) is 1.84. The highest BCUT2D eigenvalue weighted by Gasteiger charge is 2.26. The van der Waals surface area contributed by atoms with Crippen molar-refractivity contribution in [1.82, 2.24) is 15.1 Å². The Labute approximate surface area is 148 Å². The van der Waals surface area contributed by atoms with Crippen LogP contribution in [0.3, 0.4) is 0 Å². The van der Waals surface area contributed by atoms with Crippen molar-refractivity contribution >= 4 is 11.7 Å². The normalized spacial score (nSPS) is 17.2. The number of nitrogens with one attached hydrogen (secondary N) is 1. The third-order valence-electron chi connectivity index (χ3n) is 4.62. The molecule has 1 saturated heterocycles. The van der Waals surface area contributed by atoms with Gasteiger partial charge in [-0.1, -0.05) is 12.1 Å². The van der Waals surface area contributed by atoms with Crippen LogP contribution in [-0.4, -0.2) is 48.3 Å². The van der Waals surface area contributed by atoms with Gasteiger partial charge in [0.05, 0.1) is 18.4 Å². The Morgan fingerprint density at radius 3 is 2.84 bits per heavy atom. The van der Waals surface area contributed by atoms with E-state index in [4.69, 9.17) is 4.74 Å². The fourth-order valence-electron chi connectivity index (χ4n) is 3.31. The van der Waals surface area contributed by atoms with Crippen LogP contribution in [0.5, 0.6) is 5.75 Å². The molecular weight excluding hydrogens is 316 g/mol. The lowest BCUT2D eigenvalue weighted by atomic mass is 9.93. The van der Waals surface area contributed by atoms with Crippen molar-refractivity contribution in [1.29, 1.82) is 0 Å². The summed E-state index contributed by atoms with van der Waals surface area (Å²) in [7, 11) is 3.42. The maximum atomic E-state index is 12.9. The van der Waals surface area contributed by atoms with Gasteiger partial charge in [0.1, 0.15) is 11.6 Å². The Morgan fingerprint density at radius 1 is 1.28 bits per heavy atom. The van der Waals surface area contributed by atoms with Gasteiger partial charge in [-0.3, -0.25) is 4.79 Å². The molecule has 25 heavy (non-hydrogen) atoms. The molecule has 0 spiro atoms. The largest absolute Gasteiger partial charge is 0.496 e. The van der Waals surface area contributed by atoms with Crippen molar-refractivity contribution in [2.24, 2.45) is 5.92 Å². The van der Waals surface area contributed by atoms with E-state index in [1.54, 1.807) is 7.11 Å². The molecule has 0 saturated carbocycles. The Bertz CT molecular complexity index is 718. The molecule has 0 unspecified atom stereocenters. The molecule has 0 aliphatic carbocycles. The predicted octanol–water partition coefficient (Wildman–Crippen LogP) is 2.62. The summed E-state index contributed by atoms with van der Waals surface area (Å²) < 4.78 is 5.33. The minimum atomic E-state index is 0.0405. The average Bonchev–Trinajstić information content (AvgIpc) is 2.68. The molecule has 0 radical (unpaired) electrons. The second kappa shape index (κ2) is 7.96. The second-order valence-electron chi connectivity index (χ2n) is 6.32. The minimum Gasteiger partial charge on any atom is -0.496 e. The number of carbonyl (C=O) groups excluding carboxylic acids is 1. The summed E-state index contributed by atoms with van der Waals surface area (Å²) in [5, 5.41) is 11.4. The zero-order valence-electron chi connectivity index (χ0n) is 14.7. The van der Waals surface area contributed by atoms with Crippen LogP contribution >= 0.6 is 0 Å². The minimum absolute atomic E-state index is 0.0405. The van der Waals surface area contributed by atoms with E-state index < -0.39 is 0 Å². The molecule has 2 heterocycles. The molecule has 1 aromatic carbocycles. The summed E-state index contributed by atoms with van der Waals surface area (Å²) in [5.41, 5.74) is 1.60. The van der Waals surface area contributed by atoms with Gasteiger partial charge >= 0.3 is 0 Å². The number of aromatic nitrogens is 2. The first-order valence-corrected chi connectivity index (χ1v) is 8.64. The lowest BCUT2D eigenvalue weighted by Crippen LogP contribution is -2.40. The Kier molecular flexibility index (Phi) is 5.48. The number of anilines is 1. The van der Waals surface area contributed by atoms with Crippen LogP contribution < -0.4 is 10.1 Å². The van der Waals surface area contributed by atoms with E-state index in [0.29, 0.717) is 17.2 Å². The van der Waals surface area contributed by atoms with Crippen LogP contribution in [0, 0.1) is 5.92 Å². The SMILES string of the molecule is CNc1ccc(C[C@H]2CCCN(C(=O)c3ccccc3OC)C2)nn1. The molecule has 132 valence electrons. The van der Waals surface area contributed by atoms with Crippen molar-refractivity contribution in [3.63, 3.8) is 0 Å². The van der Waals surface area contributed by atoms with E-state index in [9.17, 15) is 4.79 Å². The van der Waals surface area contributed by atoms with Crippen molar-refractivity contribution in [2.45, 2.75) is 19.3 Å². The van der Waals surface area contributed by atoms with Gasteiger partial charge in [0.25, 0.3) is 5.91 Å². The van der Waals surface area contributed by atoms with Gasteiger partial charge < -0.3 is 15.0 Å². The van der Waals surface area contributed by atoms with Crippen molar-refractivity contribution in [2.75, 3.05) is 32.6 Å². The van der Waals surface area contributed by atoms with Gasteiger partial charge in [-0.2, -0.15) is 5.10 Å². The quantitative estimate of drug-likeness (QED) is 0.906. The van der Waals surface area contributed by atoms with Gasteiger partial charge in [0, 0.05) is 20.1 Å². The molecule has 6 heteroatoms. The lowest BCUT2D eigenvalue weighted by Gasteiger charge is -2.33. The van der Waals surface area contributed by atoms with Crippen LogP contribution in [0.2, 0.25) is 0 Å². The van der Waals surface area contributed by atoms with E-state index in [0.717, 1.165) is 43.9 Å². The monoisotopic (exact) mass is 340 g/mol. The lowest BCUT2D eigenvalue weighted by molar-refractivity contribution is 0.0669. The number of piperidine rings is 1. The highest BCUT2D eigenvalue weighted by molar-refractivity contribution is 5.97. The Hall–Kier alpha value is -2.63. The topological polar surface area (TPSA) is 67.4 Å². The molecular formula is C19H24N4O2. The number of para-hydroxylation sites is 1. The number of nitrogens with zero attached hydrogens (tertiary/aromatic N) is 3. The zero-order chi connectivity index (χ0) is 17.6. The maximum Gasteiger partial charge on any atom is 0.257 e. The highest BCUT2D eigenvalue weighted by atomic mass is 16.5. The molecule has 2 aromatic rings. The molecule has 1 fully saturated rings. The fraction of sp³-hybridized carbons (Fsp3) is 0.421. The predicted molar refractivity (Wildman–Crippen MR) is 96.9 cm³/mol. The number of hydrogen-bond donors (Lipinski definition) is 1. The van der Waals surface area contributed by atoms with Crippen LogP contribution in [0.15, 0.2) is 36.4 Å². The standard InChI is InChI=1S/C19H24N4O2/c1-20-18-10-9-15(21-22-18)12-14-6-5-11-23(13-14)19(24)16-7-3-4-8-17(16)25-2/h3-4,7-10,14H,5-6,11-13H2,1-2H3,(H,20,22)/t14-/m1/s1. The third kappa shape index (κ3) is 4.07. The van der Waals surface area contributed by atoms with Crippen molar-refractivity contribution in [3.05, 3.63) is 47.7 Å². The van der Waals surface area contributed by atoms with Crippen molar-refractivity contribution in [3.8, 4) is 5.75 Å². The van der Waals surface area contributed by atoms with E-state index in [-0.39, 0.29) is 5.91 Å². The number of carbonyl (C=O) groups is 1. The van der Waals surface area contributed by atoms with Gasteiger partial charge in [0.15, 0.2) is 0 Å². The first-order chi connectivity index (χ1) is 12.2. The summed E-state index contributed by atoms with van der Waals surface area (Å²) in [6.07, 6.45) is 2.95. The molecule has 1 aromatic heterocycles. The smallest absolute Gasteiger partial charge is 0.257 e. The summed E-state index contributed by atoms with van der Waals surface area (Å²) in [4.78, 5) is 14.8. The second-order valence-corrected chi connectivity index (χ2v) is 6.32. The molecule has 1 aliphatic rings. The Morgan fingerprint density at radius 2 is 2.12 bits per heavy atom. The molecule has 1 N–H and O–H groups in total. The van der Waals surface area contributed by atoms with E-state index in [1.807, 2.05) is 48.3 Å². The zero-order valence-corrected chi connectivity index (χ0v) is 14.7. The first kappa shape index (κ1) is 17.2. The van der Waals surface area contributed by atoms with E-state index in [1.165, 1.54) is 0 Å². The molecule has 3 rings (SSSR count). The van der Waals surface area contributed by atoms with Crippen LogP contribution in [-0.2, 0) is 6.42 Å². The summed E-state index contributed by atoms with van der Waals surface area (Å²) >= 11 is 0. The van der Waals surface area contributed by atoms with Crippen LogP contribution in [0.4, 0.5) is 5.82 Å². The van der Waals surface area contributed by atoms with Crippen molar-refractivity contribution < 1.29 is 9.53 Å².